The molecule has 0 saturated heterocycles. The Morgan fingerprint density at radius 2 is 1.79 bits per heavy atom. The quantitative estimate of drug-likeness (QED) is 0.0728. The summed E-state index contributed by atoms with van der Waals surface area (Å²) in [7, 11) is 2.80. The van der Waals surface area contributed by atoms with E-state index in [1.807, 2.05) is 30.3 Å². The number of rotatable bonds is 13. The molecule has 2 aromatic carbocycles. The third-order valence-electron chi connectivity index (χ3n) is 9.48. The minimum Gasteiger partial charge on any atom is -0.497 e. The second-order valence-electron chi connectivity index (χ2n) is 13.9. The number of methoxy groups -OCH3 is 3. The Morgan fingerprint density at radius 3 is 2.46 bits per heavy atom. The summed E-state index contributed by atoms with van der Waals surface area (Å²) in [5.74, 6) is 1.81. The van der Waals surface area contributed by atoms with Crippen molar-refractivity contribution in [3.05, 3.63) is 65.6 Å². The first-order valence-corrected chi connectivity index (χ1v) is 19.4. The van der Waals surface area contributed by atoms with E-state index in [-0.39, 0.29) is 17.0 Å². The van der Waals surface area contributed by atoms with Gasteiger partial charge in [0.25, 0.3) is 0 Å². The van der Waals surface area contributed by atoms with Gasteiger partial charge in [-0.1, -0.05) is 26.8 Å². The van der Waals surface area contributed by atoms with Gasteiger partial charge in [0.2, 0.25) is 0 Å². The summed E-state index contributed by atoms with van der Waals surface area (Å²) in [4.78, 5) is 25.6. The van der Waals surface area contributed by atoms with Crippen LogP contribution in [0.25, 0.3) is 33.2 Å². The lowest BCUT2D eigenvalue weighted by Crippen LogP contribution is -2.41. The number of benzene rings is 2. The Kier molecular flexibility index (Phi) is 10.2. The van der Waals surface area contributed by atoms with E-state index in [9.17, 15) is 4.79 Å². The minimum atomic E-state index is -1.90. The molecule has 0 saturated carbocycles. The van der Waals surface area contributed by atoms with Gasteiger partial charge in [-0.2, -0.15) is 0 Å². The third-order valence-corrected chi connectivity index (χ3v) is 14.0. The standard InChI is InChI=1S/C37H49N5O5Si/c1-23(2)42-30(12-11-17-47-48(9,10)37(3,4)5)32(29-18-24-13-14-25(36(43)46-8)19-28(24)41-29)33-34(39-22-40-35(33)42)38-21-26-15-16-27(44-6)20-31(26)45-7/h13-16,18-20,22-23,41H,11-12,17,21H2,1-10H3,(H,38,39,40). The molecule has 0 aliphatic carbocycles. The lowest BCUT2D eigenvalue weighted by molar-refractivity contribution is 0.0601. The van der Waals surface area contributed by atoms with Gasteiger partial charge in [-0.05, 0) is 75.2 Å². The molecule has 0 amide bonds. The van der Waals surface area contributed by atoms with E-state index in [0.29, 0.717) is 18.7 Å². The van der Waals surface area contributed by atoms with E-state index >= 15 is 0 Å². The van der Waals surface area contributed by atoms with E-state index in [1.54, 1.807) is 26.6 Å². The summed E-state index contributed by atoms with van der Waals surface area (Å²) < 4.78 is 25.0. The number of hydrogen-bond acceptors (Lipinski definition) is 8. The predicted molar refractivity (Wildman–Crippen MR) is 195 cm³/mol. The number of nitrogens with zero attached hydrogens (tertiary/aromatic N) is 3. The monoisotopic (exact) mass is 671 g/mol. The van der Waals surface area contributed by atoms with E-state index < -0.39 is 8.32 Å². The maximum absolute atomic E-state index is 12.3. The first kappa shape index (κ1) is 35.0. The van der Waals surface area contributed by atoms with Crippen LogP contribution in [0.5, 0.6) is 11.5 Å². The molecular formula is C37H49N5O5Si. The van der Waals surface area contributed by atoms with Crippen LogP contribution >= 0.6 is 0 Å². The number of aromatic nitrogens is 4. The fraction of sp³-hybridized carbons (Fsp3) is 0.432. The molecule has 0 aliphatic rings. The lowest BCUT2D eigenvalue weighted by Gasteiger charge is -2.36. The smallest absolute Gasteiger partial charge is 0.337 e. The van der Waals surface area contributed by atoms with Gasteiger partial charge in [0.1, 0.15) is 29.3 Å². The number of carbonyl (C=O) groups excluding carboxylic acids is 1. The molecule has 2 N–H and O–H groups in total. The van der Waals surface area contributed by atoms with Crippen molar-refractivity contribution in [3.63, 3.8) is 0 Å². The highest BCUT2D eigenvalue weighted by atomic mass is 28.4. The highest BCUT2D eigenvalue weighted by Crippen LogP contribution is 2.41. The number of nitrogens with one attached hydrogen (secondary N) is 2. The molecule has 0 fully saturated rings. The number of fused-ring (bicyclic) bond motifs is 2. The molecule has 0 radical (unpaired) electrons. The van der Waals surface area contributed by atoms with Crippen molar-refractivity contribution in [3.8, 4) is 22.8 Å². The molecule has 48 heavy (non-hydrogen) atoms. The molecular weight excluding hydrogens is 623 g/mol. The first-order valence-electron chi connectivity index (χ1n) is 16.5. The second-order valence-corrected chi connectivity index (χ2v) is 18.7. The average molecular weight is 672 g/mol. The average Bonchev–Trinajstić information content (AvgIpc) is 3.63. The molecule has 10 nitrogen and oxygen atoms in total. The zero-order valence-corrected chi connectivity index (χ0v) is 30.9. The first-order chi connectivity index (χ1) is 22.8. The summed E-state index contributed by atoms with van der Waals surface area (Å²) in [6.07, 6.45) is 3.26. The number of carbonyl (C=O) groups is 1. The van der Waals surface area contributed by atoms with Gasteiger partial charge in [-0.15, -0.1) is 0 Å². The Labute approximate surface area is 284 Å². The maximum Gasteiger partial charge on any atom is 0.337 e. The zero-order chi connectivity index (χ0) is 34.8. The topological polar surface area (TPSA) is 113 Å². The molecule has 256 valence electrons. The number of hydrogen-bond donors (Lipinski definition) is 2. The molecule has 11 heteroatoms. The summed E-state index contributed by atoms with van der Waals surface area (Å²) in [6.45, 7) is 16.9. The zero-order valence-electron chi connectivity index (χ0n) is 29.9. The van der Waals surface area contributed by atoms with Crippen LogP contribution in [0.2, 0.25) is 18.1 Å². The van der Waals surface area contributed by atoms with E-state index in [0.717, 1.165) is 74.6 Å². The molecule has 0 atom stereocenters. The van der Waals surface area contributed by atoms with Crippen molar-refractivity contribution in [2.45, 2.75) is 78.2 Å². The maximum atomic E-state index is 12.3. The van der Waals surface area contributed by atoms with Crippen LogP contribution in [0.3, 0.4) is 0 Å². The van der Waals surface area contributed by atoms with Crippen molar-refractivity contribution < 1.29 is 23.4 Å². The van der Waals surface area contributed by atoms with Crippen LogP contribution in [0.4, 0.5) is 5.82 Å². The van der Waals surface area contributed by atoms with E-state index in [4.69, 9.17) is 28.6 Å². The molecule has 0 aliphatic heterocycles. The van der Waals surface area contributed by atoms with Crippen molar-refractivity contribution in [1.29, 1.82) is 0 Å². The molecule has 0 bridgehead atoms. The molecule has 0 spiro atoms. The van der Waals surface area contributed by atoms with E-state index in [1.165, 1.54) is 7.11 Å². The summed E-state index contributed by atoms with van der Waals surface area (Å²) in [5.41, 5.74) is 6.28. The fourth-order valence-electron chi connectivity index (χ4n) is 5.87. The van der Waals surface area contributed by atoms with Gasteiger partial charge in [-0.25, -0.2) is 14.8 Å². The van der Waals surface area contributed by atoms with E-state index in [2.05, 4.69) is 68.6 Å². The summed E-state index contributed by atoms with van der Waals surface area (Å²) in [6, 6.07) is 13.6. The fourth-order valence-corrected chi connectivity index (χ4v) is 6.96. The number of anilines is 1. The third kappa shape index (κ3) is 6.93. The SMILES string of the molecule is COC(=O)c1ccc2cc(-c3c(CCCO[Si](C)(C)C(C)(C)C)n(C(C)C)c4ncnc(NCc5ccc(OC)cc5OC)c34)[nH]c2c1. The molecule has 3 heterocycles. The van der Waals surface area contributed by atoms with Crippen molar-refractivity contribution in [2.75, 3.05) is 33.3 Å². The second kappa shape index (κ2) is 14.0. The van der Waals surface area contributed by atoms with Crippen molar-refractivity contribution >= 4 is 42.0 Å². The lowest BCUT2D eigenvalue weighted by atomic mass is 10.0. The largest absolute Gasteiger partial charge is 0.497 e. The van der Waals surface area contributed by atoms with Gasteiger partial charge in [0, 0.05) is 58.7 Å². The summed E-state index contributed by atoms with van der Waals surface area (Å²) in [5, 5.41) is 5.66. The number of aromatic amines is 1. The number of H-pyrrole nitrogens is 1. The van der Waals surface area contributed by atoms with Crippen molar-refractivity contribution in [1.82, 2.24) is 19.5 Å². The van der Waals surface area contributed by atoms with Gasteiger partial charge in [0.05, 0.1) is 32.3 Å². The Bertz CT molecular complexity index is 1920. The van der Waals surface area contributed by atoms with Crippen LogP contribution < -0.4 is 14.8 Å². The summed E-state index contributed by atoms with van der Waals surface area (Å²) >= 11 is 0. The molecule has 5 rings (SSSR count). The van der Waals surface area contributed by atoms with Crippen molar-refractivity contribution in [2.24, 2.45) is 0 Å². The highest BCUT2D eigenvalue weighted by Gasteiger charge is 2.37. The van der Waals surface area contributed by atoms with Crippen LogP contribution in [0.1, 0.15) is 68.7 Å². The Hall–Kier alpha value is -4.35. The van der Waals surface area contributed by atoms with Crippen LogP contribution in [-0.2, 0) is 22.1 Å². The Morgan fingerprint density at radius 1 is 1.02 bits per heavy atom. The number of esters is 1. The van der Waals surface area contributed by atoms with Gasteiger partial charge >= 0.3 is 5.97 Å². The van der Waals surface area contributed by atoms with Crippen LogP contribution in [0, 0.1) is 0 Å². The Balaban J connectivity index is 1.63. The van der Waals surface area contributed by atoms with Gasteiger partial charge in [-0.3, -0.25) is 0 Å². The molecule has 5 aromatic rings. The highest BCUT2D eigenvalue weighted by molar-refractivity contribution is 6.74. The number of ether oxygens (including phenoxy) is 3. The molecule has 0 unspecified atom stereocenters. The predicted octanol–water partition coefficient (Wildman–Crippen LogP) is 8.53. The van der Waals surface area contributed by atoms with Gasteiger partial charge in [0.15, 0.2) is 8.32 Å². The normalized spacial score (nSPS) is 12.2. The molecule has 3 aromatic heterocycles. The van der Waals surface area contributed by atoms with Crippen LogP contribution in [0.15, 0.2) is 48.8 Å². The minimum absolute atomic E-state index is 0.136. The van der Waals surface area contributed by atoms with Crippen LogP contribution in [-0.4, -0.2) is 61.7 Å². The van der Waals surface area contributed by atoms with Gasteiger partial charge < -0.3 is 33.5 Å².